The standard InChI is InChI=1S/C23H28O9/c1-12(2)21(26)31-18-8-13(3)7-16(30-15(5)25)9-23(6,28)10-19-20(18)17(22(27)32-19)11-29-14(4)24/h7,10,16,18,28H,1,8-9,11H2,2-6H3/b13-7-,19-10+. The number of fused-ring (bicyclic) bond motifs is 1. The van der Waals surface area contributed by atoms with Crippen LogP contribution in [0.3, 0.4) is 0 Å². The molecule has 2 aliphatic rings. The number of carbonyl (C=O) groups is 4. The van der Waals surface area contributed by atoms with Gasteiger partial charge in [-0.3, -0.25) is 9.59 Å². The quantitative estimate of drug-likeness (QED) is 0.291. The fraction of sp³-hybridized carbons (Fsp3) is 0.478. The Bertz CT molecular complexity index is 933. The highest BCUT2D eigenvalue weighted by Gasteiger charge is 2.40. The molecule has 0 fully saturated rings. The topological polar surface area (TPSA) is 125 Å². The Labute approximate surface area is 186 Å². The van der Waals surface area contributed by atoms with Crippen molar-refractivity contribution in [1.29, 1.82) is 0 Å². The third kappa shape index (κ3) is 6.65. The molecule has 1 N–H and O–H groups in total. The van der Waals surface area contributed by atoms with Gasteiger partial charge in [-0.1, -0.05) is 12.2 Å². The molecule has 9 nitrogen and oxygen atoms in total. The van der Waals surface area contributed by atoms with Crippen LogP contribution in [-0.4, -0.2) is 53.4 Å². The van der Waals surface area contributed by atoms with Gasteiger partial charge in [-0.05, 0) is 32.9 Å². The van der Waals surface area contributed by atoms with Gasteiger partial charge in [0.1, 0.15) is 24.6 Å². The number of hydrogen-bond acceptors (Lipinski definition) is 9. The molecule has 32 heavy (non-hydrogen) atoms. The van der Waals surface area contributed by atoms with E-state index in [1.54, 1.807) is 13.0 Å². The van der Waals surface area contributed by atoms with Gasteiger partial charge in [0.15, 0.2) is 0 Å². The molecular weight excluding hydrogens is 420 g/mol. The molecule has 0 aromatic carbocycles. The molecule has 0 bridgehead atoms. The minimum absolute atomic E-state index is 0.00618. The van der Waals surface area contributed by atoms with Gasteiger partial charge in [-0.25, -0.2) is 9.59 Å². The minimum atomic E-state index is -1.56. The van der Waals surface area contributed by atoms with E-state index in [9.17, 15) is 24.3 Å². The Kier molecular flexibility index (Phi) is 7.79. The molecule has 174 valence electrons. The molecule has 1 heterocycles. The second-order valence-corrected chi connectivity index (χ2v) is 8.17. The van der Waals surface area contributed by atoms with Crippen LogP contribution in [-0.2, 0) is 38.1 Å². The van der Waals surface area contributed by atoms with Gasteiger partial charge in [0.2, 0.25) is 0 Å². The maximum Gasteiger partial charge on any atom is 0.343 e. The second-order valence-electron chi connectivity index (χ2n) is 8.17. The van der Waals surface area contributed by atoms with Gasteiger partial charge < -0.3 is 24.1 Å². The van der Waals surface area contributed by atoms with Crippen LogP contribution in [0.1, 0.15) is 47.5 Å². The number of esters is 4. The van der Waals surface area contributed by atoms with E-state index < -0.39 is 41.7 Å². The molecule has 9 heteroatoms. The Morgan fingerprint density at radius 2 is 1.88 bits per heavy atom. The largest absolute Gasteiger partial charge is 0.461 e. The van der Waals surface area contributed by atoms with Crippen molar-refractivity contribution in [3.05, 3.63) is 46.8 Å². The summed E-state index contributed by atoms with van der Waals surface area (Å²) in [5.74, 6) is -2.62. The SMILES string of the molecule is C=C(C)C(=O)OC1C/C(C)=C\C(OC(C)=O)CC(C)(O)/C=C2/OC(=O)C(COC(C)=O)=C21. The van der Waals surface area contributed by atoms with Gasteiger partial charge in [0, 0.05) is 37.8 Å². The van der Waals surface area contributed by atoms with E-state index in [-0.39, 0.29) is 41.9 Å². The van der Waals surface area contributed by atoms with E-state index in [0.717, 1.165) is 0 Å². The van der Waals surface area contributed by atoms with E-state index in [1.165, 1.54) is 33.8 Å². The third-order valence-corrected chi connectivity index (χ3v) is 4.73. The van der Waals surface area contributed by atoms with Crippen LogP contribution in [0.4, 0.5) is 0 Å². The maximum atomic E-state index is 12.6. The summed E-state index contributed by atoms with van der Waals surface area (Å²) in [5, 5.41) is 10.9. The van der Waals surface area contributed by atoms with E-state index >= 15 is 0 Å². The zero-order chi connectivity index (χ0) is 24.2. The molecule has 3 unspecified atom stereocenters. The van der Waals surface area contributed by atoms with E-state index in [0.29, 0.717) is 5.57 Å². The Morgan fingerprint density at radius 1 is 1.22 bits per heavy atom. The van der Waals surface area contributed by atoms with Crippen LogP contribution in [0.5, 0.6) is 0 Å². The Hall–Kier alpha value is -3.20. The first kappa shape index (κ1) is 25.1. The summed E-state index contributed by atoms with van der Waals surface area (Å²) >= 11 is 0. The molecule has 2 rings (SSSR count). The zero-order valence-electron chi connectivity index (χ0n) is 18.9. The van der Waals surface area contributed by atoms with E-state index in [4.69, 9.17) is 18.9 Å². The zero-order valence-corrected chi connectivity index (χ0v) is 18.9. The monoisotopic (exact) mass is 448 g/mol. The van der Waals surface area contributed by atoms with Gasteiger partial charge in [0.25, 0.3) is 0 Å². The number of carbonyl (C=O) groups excluding carboxylic acids is 4. The molecule has 0 spiro atoms. The Morgan fingerprint density at radius 3 is 2.44 bits per heavy atom. The molecular formula is C23H28O9. The summed E-state index contributed by atoms with van der Waals surface area (Å²) in [6.07, 6.45) is 1.30. The lowest BCUT2D eigenvalue weighted by molar-refractivity contribution is -0.146. The summed E-state index contributed by atoms with van der Waals surface area (Å²) in [5.41, 5.74) is -0.538. The number of rotatable bonds is 5. The number of aliphatic hydroxyl groups is 1. The highest BCUT2D eigenvalue weighted by atomic mass is 16.6. The predicted molar refractivity (Wildman–Crippen MR) is 112 cm³/mol. The van der Waals surface area contributed by atoms with Gasteiger partial charge in [0.05, 0.1) is 11.2 Å². The molecule has 0 saturated heterocycles. The van der Waals surface area contributed by atoms with E-state index in [2.05, 4.69) is 6.58 Å². The molecule has 3 atom stereocenters. The van der Waals surface area contributed by atoms with Crippen molar-refractivity contribution in [2.45, 2.75) is 65.3 Å². The first-order valence-corrected chi connectivity index (χ1v) is 10.0. The van der Waals surface area contributed by atoms with Crippen molar-refractivity contribution in [2.24, 2.45) is 0 Å². The van der Waals surface area contributed by atoms with Crippen LogP contribution in [0, 0.1) is 0 Å². The van der Waals surface area contributed by atoms with Crippen LogP contribution in [0.15, 0.2) is 46.8 Å². The van der Waals surface area contributed by atoms with Crippen molar-refractivity contribution in [1.82, 2.24) is 0 Å². The smallest absolute Gasteiger partial charge is 0.343 e. The average Bonchev–Trinajstić information content (AvgIpc) is 2.91. The summed E-state index contributed by atoms with van der Waals surface area (Å²) < 4.78 is 21.3. The molecule has 0 aromatic heterocycles. The third-order valence-electron chi connectivity index (χ3n) is 4.73. The lowest BCUT2D eigenvalue weighted by Crippen LogP contribution is -2.32. The molecule has 1 aliphatic heterocycles. The minimum Gasteiger partial charge on any atom is -0.461 e. The van der Waals surface area contributed by atoms with Crippen LogP contribution >= 0.6 is 0 Å². The summed E-state index contributed by atoms with van der Waals surface area (Å²) in [6.45, 7) is 10.3. The fourth-order valence-electron chi connectivity index (χ4n) is 3.45. The average molecular weight is 448 g/mol. The highest BCUT2D eigenvalue weighted by Crippen LogP contribution is 2.37. The first-order chi connectivity index (χ1) is 14.8. The number of ether oxygens (including phenoxy) is 4. The van der Waals surface area contributed by atoms with Gasteiger partial charge in [-0.15, -0.1) is 0 Å². The summed E-state index contributed by atoms with van der Waals surface area (Å²) in [7, 11) is 0. The highest BCUT2D eigenvalue weighted by molar-refractivity contribution is 5.96. The van der Waals surface area contributed by atoms with Crippen LogP contribution in [0.25, 0.3) is 0 Å². The Balaban J connectivity index is 2.64. The predicted octanol–water partition coefficient (Wildman–Crippen LogP) is 2.20. The molecule has 0 radical (unpaired) electrons. The lowest BCUT2D eigenvalue weighted by Gasteiger charge is -2.28. The van der Waals surface area contributed by atoms with Crippen molar-refractivity contribution in [3.8, 4) is 0 Å². The molecule has 0 saturated carbocycles. The van der Waals surface area contributed by atoms with Crippen molar-refractivity contribution in [3.63, 3.8) is 0 Å². The molecule has 0 aromatic rings. The fourth-order valence-corrected chi connectivity index (χ4v) is 3.45. The molecule has 0 amide bonds. The van der Waals surface area contributed by atoms with Crippen LogP contribution < -0.4 is 0 Å². The first-order valence-electron chi connectivity index (χ1n) is 10.0. The molecule has 1 aliphatic carbocycles. The van der Waals surface area contributed by atoms with Crippen molar-refractivity contribution >= 4 is 23.9 Å². The van der Waals surface area contributed by atoms with Crippen LogP contribution in [0.2, 0.25) is 0 Å². The van der Waals surface area contributed by atoms with Gasteiger partial charge in [-0.2, -0.15) is 0 Å². The maximum absolute atomic E-state index is 12.6. The summed E-state index contributed by atoms with van der Waals surface area (Å²) in [6, 6.07) is 0. The van der Waals surface area contributed by atoms with Crippen molar-refractivity contribution < 1.29 is 43.2 Å². The second kappa shape index (κ2) is 9.95. The van der Waals surface area contributed by atoms with Gasteiger partial charge >= 0.3 is 23.9 Å². The lowest BCUT2D eigenvalue weighted by atomic mass is 9.89. The number of hydrogen-bond donors (Lipinski definition) is 1. The normalized spacial score (nSPS) is 28.9. The van der Waals surface area contributed by atoms with Crippen molar-refractivity contribution in [2.75, 3.05) is 6.61 Å². The van der Waals surface area contributed by atoms with E-state index in [1.807, 2.05) is 0 Å². The summed E-state index contributed by atoms with van der Waals surface area (Å²) in [4.78, 5) is 47.8.